The maximum atomic E-state index is 12.8. The number of carbonyl (C=O) groups excluding carboxylic acids is 1. The van der Waals surface area contributed by atoms with Crippen LogP contribution in [0.5, 0.6) is 0 Å². The summed E-state index contributed by atoms with van der Waals surface area (Å²) in [6, 6.07) is 10.3. The van der Waals surface area contributed by atoms with Crippen molar-refractivity contribution in [3.05, 3.63) is 53.6 Å². The van der Waals surface area contributed by atoms with Crippen molar-refractivity contribution in [2.75, 3.05) is 0 Å². The van der Waals surface area contributed by atoms with Crippen LogP contribution < -0.4 is 5.32 Å². The molecule has 4 rings (SSSR count). The Bertz CT molecular complexity index is 917. The lowest BCUT2D eigenvalue weighted by atomic mass is 10.0. The molecule has 0 aliphatic heterocycles. The molecule has 0 saturated heterocycles. The average Bonchev–Trinajstić information content (AvgIpc) is 3.15. The Morgan fingerprint density at radius 2 is 2.12 bits per heavy atom. The van der Waals surface area contributed by atoms with Gasteiger partial charge < -0.3 is 14.9 Å². The minimum Gasteiger partial charge on any atom is -0.341 e. The van der Waals surface area contributed by atoms with Gasteiger partial charge in [0.1, 0.15) is 11.5 Å². The van der Waals surface area contributed by atoms with Crippen molar-refractivity contribution in [2.45, 2.75) is 45.7 Å². The van der Waals surface area contributed by atoms with Gasteiger partial charge in [0.15, 0.2) is 0 Å². The molecule has 130 valence electrons. The van der Waals surface area contributed by atoms with E-state index in [4.69, 9.17) is 4.98 Å². The van der Waals surface area contributed by atoms with Crippen molar-refractivity contribution in [1.29, 1.82) is 0 Å². The molecule has 1 atom stereocenters. The third kappa shape index (κ3) is 3.06. The standard InChI is InChI=1S/C20H24N4O/c1-12(2)18(19-21-15-9-6-13(3)11-16(15)22-19)23-20(25)17-5-4-10-24(17)14-7-8-14/h4-6,9-12,14,18H,7-8H2,1-3H3,(H,21,22)(H,23,25). The summed E-state index contributed by atoms with van der Waals surface area (Å²) >= 11 is 0. The Kier molecular flexibility index (Phi) is 3.86. The molecule has 0 spiro atoms. The van der Waals surface area contributed by atoms with E-state index in [1.165, 1.54) is 5.56 Å². The Morgan fingerprint density at radius 1 is 1.32 bits per heavy atom. The fraction of sp³-hybridized carbons (Fsp3) is 0.400. The Morgan fingerprint density at radius 3 is 2.84 bits per heavy atom. The highest BCUT2D eigenvalue weighted by atomic mass is 16.2. The van der Waals surface area contributed by atoms with Gasteiger partial charge in [-0.2, -0.15) is 0 Å². The molecule has 1 unspecified atom stereocenters. The lowest BCUT2D eigenvalue weighted by Gasteiger charge is -2.21. The fourth-order valence-electron chi connectivity index (χ4n) is 3.31. The first-order valence-electron chi connectivity index (χ1n) is 8.97. The number of amides is 1. The van der Waals surface area contributed by atoms with Gasteiger partial charge in [-0.1, -0.05) is 19.9 Å². The summed E-state index contributed by atoms with van der Waals surface area (Å²) in [5, 5.41) is 3.18. The third-order valence-corrected chi connectivity index (χ3v) is 4.86. The SMILES string of the molecule is Cc1ccc2nc(C(NC(=O)c3cccn3C3CC3)C(C)C)[nH]c2c1. The zero-order valence-corrected chi connectivity index (χ0v) is 14.9. The van der Waals surface area contributed by atoms with E-state index in [1.54, 1.807) is 0 Å². The molecule has 1 amide bonds. The molecule has 1 saturated carbocycles. The normalized spacial score (nSPS) is 15.7. The first kappa shape index (κ1) is 15.9. The number of aryl methyl sites for hydroxylation is 1. The van der Waals surface area contributed by atoms with Crippen LogP contribution >= 0.6 is 0 Å². The Labute approximate surface area is 147 Å². The summed E-state index contributed by atoms with van der Waals surface area (Å²) in [6.07, 6.45) is 4.32. The monoisotopic (exact) mass is 336 g/mol. The maximum absolute atomic E-state index is 12.8. The molecule has 5 heteroatoms. The van der Waals surface area contributed by atoms with Gasteiger partial charge in [-0.05, 0) is 55.5 Å². The quantitative estimate of drug-likeness (QED) is 0.736. The molecule has 1 aliphatic rings. The van der Waals surface area contributed by atoms with E-state index in [-0.39, 0.29) is 17.9 Å². The van der Waals surface area contributed by atoms with Crippen LogP contribution in [0, 0.1) is 12.8 Å². The number of hydrogen-bond acceptors (Lipinski definition) is 2. The van der Waals surface area contributed by atoms with Crippen LogP contribution in [0.15, 0.2) is 36.5 Å². The van der Waals surface area contributed by atoms with Crippen molar-refractivity contribution < 1.29 is 4.79 Å². The number of hydrogen-bond donors (Lipinski definition) is 2. The van der Waals surface area contributed by atoms with E-state index < -0.39 is 0 Å². The number of nitrogens with one attached hydrogen (secondary N) is 2. The van der Waals surface area contributed by atoms with Crippen molar-refractivity contribution >= 4 is 16.9 Å². The molecule has 2 heterocycles. The lowest BCUT2D eigenvalue weighted by Crippen LogP contribution is -2.33. The number of imidazole rings is 1. The smallest absolute Gasteiger partial charge is 0.268 e. The van der Waals surface area contributed by atoms with E-state index in [1.807, 2.05) is 24.4 Å². The van der Waals surface area contributed by atoms with Gasteiger partial charge >= 0.3 is 0 Å². The third-order valence-electron chi connectivity index (χ3n) is 4.86. The fourth-order valence-corrected chi connectivity index (χ4v) is 3.31. The molecular weight excluding hydrogens is 312 g/mol. The summed E-state index contributed by atoms with van der Waals surface area (Å²) < 4.78 is 2.09. The summed E-state index contributed by atoms with van der Waals surface area (Å²) in [4.78, 5) is 20.9. The number of nitrogens with zero attached hydrogens (tertiary/aromatic N) is 2. The van der Waals surface area contributed by atoms with Crippen LogP contribution in [-0.4, -0.2) is 20.4 Å². The van der Waals surface area contributed by atoms with E-state index >= 15 is 0 Å². The molecule has 0 bridgehead atoms. The van der Waals surface area contributed by atoms with E-state index in [0.29, 0.717) is 6.04 Å². The number of fused-ring (bicyclic) bond motifs is 1. The molecule has 5 nitrogen and oxygen atoms in total. The molecule has 2 aromatic heterocycles. The molecule has 2 N–H and O–H groups in total. The molecule has 3 aromatic rings. The first-order valence-corrected chi connectivity index (χ1v) is 8.97. The molecule has 1 aromatic carbocycles. The summed E-state index contributed by atoms with van der Waals surface area (Å²) in [7, 11) is 0. The van der Waals surface area contributed by atoms with Crippen LogP contribution in [0.3, 0.4) is 0 Å². The van der Waals surface area contributed by atoms with Crippen LogP contribution in [0.2, 0.25) is 0 Å². The predicted molar refractivity (Wildman–Crippen MR) is 98.6 cm³/mol. The molecular formula is C20H24N4O. The highest BCUT2D eigenvalue weighted by Crippen LogP contribution is 2.36. The minimum absolute atomic E-state index is 0.0350. The van der Waals surface area contributed by atoms with Gasteiger partial charge in [0.05, 0.1) is 17.1 Å². The van der Waals surface area contributed by atoms with Crippen molar-refractivity contribution in [1.82, 2.24) is 19.9 Å². The number of benzene rings is 1. The van der Waals surface area contributed by atoms with Crippen molar-refractivity contribution in [2.24, 2.45) is 5.92 Å². The zero-order valence-electron chi connectivity index (χ0n) is 14.9. The van der Waals surface area contributed by atoms with E-state index in [2.05, 4.69) is 47.8 Å². The van der Waals surface area contributed by atoms with Gasteiger partial charge in [-0.15, -0.1) is 0 Å². The largest absolute Gasteiger partial charge is 0.341 e. The number of H-pyrrole nitrogens is 1. The summed E-state index contributed by atoms with van der Waals surface area (Å²) in [5.41, 5.74) is 3.87. The Hall–Kier alpha value is -2.56. The van der Waals surface area contributed by atoms with Gasteiger partial charge in [0.2, 0.25) is 0 Å². The Balaban J connectivity index is 1.62. The van der Waals surface area contributed by atoms with Crippen LogP contribution in [-0.2, 0) is 0 Å². The van der Waals surface area contributed by atoms with Crippen LogP contribution in [0.4, 0.5) is 0 Å². The molecule has 25 heavy (non-hydrogen) atoms. The second kappa shape index (κ2) is 6.06. The van der Waals surface area contributed by atoms with E-state index in [9.17, 15) is 4.79 Å². The van der Waals surface area contributed by atoms with Gasteiger partial charge in [-0.3, -0.25) is 4.79 Å². The minimum atomic E-state index is -0.150. The summed E-state index contributed by atoms with van der Waals surface area (Å²) in [6.45, 7) is 6.26. The average molecular weight is 336 g/mol. The lowest BCUT2D eigenvalue weighted by molar-refractivity contribution is 0.0913. The highest BCUT2D eigenvalue weighted by molar-refractivity contribution is 5.93. The molecule has 1 fully saturated rings. The molecule has 0 radical (unpaired) electrons. The van der Waals surface area contributed by atoms with Gasteiger partial charge in [0, 0.05) is 12.2 Å². The van der Waals surface area contributed by atoms with Crippen molar-refractivity contribution in [3.8, 4) is 0 Å². The van der Waals surface area contributed by atoms with Gasteiger partial charge in [0.25, 0.3) is 5.91 Å². The number of aromatic nitrogens is 3. The molecule has 1 aliphatic carbocycles. The first-order chi connectivity index (χ1) is 12.0. The number of rotatable bonds is 5. The highest BCUT2D eigenvalue weighted by Gasteiger charge is 2.28. The van der Waals surface area contributed by atoms with Crippen molar-refractivity contribution in [3.63, 3.8) is 0 Å². The van der Waals surface area contributed by atoms with Gasteiger partial charge in [-0.25, -0.2) is 4.98 Å². The summed E-state index contributed by atoms with van der Waals surface area (Å²) in [5.74, 6) is 1.01. The maximum Gasteiger partial charge on any atom is 0.268 e. The number of aromatic amines is 1. The second-order valence-electron chi connectivity index (χ2n) is 7.37. The zero-order chi connectivity index (χ0) is 17.6. The number of carbonyl (C=O) groups is 1. The predicted octanol–water partition coefficient (Wildman–Crippen LogP) is 4.13. The van der Waals surface area contributed by atoms with Crippen LogP contribution in [0.25, 0.3) is 11.0 Å². The second-order valence-corrected chi connectivity index (χ2v) is 7.37. The van der Waals surface area contributed by atoms with Crippen LogP contribution in [0.1, 0.15) is 60.6 Å². The van der Waals surface area contributed by atoms with E-state index in [0.717, 1.165) is 35.4 Å². The topological polar surface area (TPSA) is 62.7 Å².